The van der Waals surface area contributed by atoms with Gasteiger partial charge in [-0.05, 0) is 38.1 Å². The lowest BCUT2D eigenvalue weighted by Gasteiger charge is -2.34. The van der Waals surface area contributed by atoms with Gasteiger partial charge in [0.1, 0.15) is 0 Å². The van der Waals surface area contributed by atoms with Crippen LogP contribution in [0.15, 0.2) is 47.0 Å². The lowest BCUT2D eigenvalue weighted by molar-refractivity contribution is 0.0635. The lowest BCUT2D eigenvalue weighted by atomic mass is 10.1. The van der Waals surface area contributed by atoms with Crippen molar-refractivity contribution in [2.45, 2.75) is 19.8 Å². The molecule has 0 bridgehead atoms. The third-order valence-electron chi connectivity index (χ3n) is 5.93. The Labute approximate surface area is 194 Å². The van der Waals surface area contributed by atoms with E-state index in [0.717, 1.165) is 38.0 Å². The maximum Gasteiger partial charge on any atom is 0.254 e. The number of nitrogens with zero attached hydrogens (tertiary/aromatic N) is 4. The van der Waals surface area contributed by atoms with Gasteiger partial charge >= 0.3 is 0 Å². The quantitative estimate of drug-likeness (QED) is 0.520. The molecule has 174 valence electrons. The van der Waals surface area contributed by atoms with Crippen LogP contribution in [0.1, 0.15) is 28.2 Å². The molecule has 33 heavy (non-hydrogen) atoms. The zero-order valence-electron chi connectivity index (χ0n) is 19.4. The molecular weight excluding hydrogens is 420 g/mol. The number of aromatic nitrogens is 2. The SMILES string of the molecule is COc1ccc(C(=O)N2CCN(CCCc3nc(-c4ccc(C)cc4)no3)CC2)cc1OC. The standard InChI is InChI=1S/C25H30N4O4/c1-18-6-8-19(9-7-18)24-26-23(33-27-24)5-4-12-28-13-15-29(16-14-28)25(30)20-10-11-21(31-2)22(17-20)32-3/h6-11,17H,4-5,12-16H2,1-3H3. The predicted octanol–water partition coefficient (Wildman–Crippen LogP) is 3.45. The number of carbonyl (C=O) groups excluding carboxylic acids is 1. The first kappa shape index (κ1) is 22.8. The van der Waals surface area contributed by atoms with Crippen molar-refractivity contribution in [3.05, 3.63) is 59.5 Å². The number of rotatable bonds is 8. The zero-order chi connectivity index (χ0) is 23.2. The molecule has 0 atom stereocenters. The summed E-state index contributed by atoms with van der Waals surface area (Å²) in [5.74, 6) is 2.49. The van der Waals surface area contributed by atoms with Crippen molar-refractivity contribution in [1.82, 2.24) is 19.9 Å². The number of hydrogen-bond donors (Lipinski definition) is 0. The van der Waals surface area contributed by atoms with Crippen molar-refractivity contribution in [3.8, 4) is 22.9 Å². The summed E-state index contributed by atoms with van der Waals surface area (Å²) in [5, 5.41) is 4.10. The van der Waals surface area contributed by atoms with E-state index in [9.17, 15) is 4.79 Å². The first-order valence-corrected chi connectivity index (χ1v) is 11.2. The van der Waals surface area contributed by atoms with Crippen molar-refractivity contribution < 1.29 is 18.8 Å². The number of amides is 1. The average molecular weight is 451 g/mol. The molecule has 4 rings (SSSR count). The maximum absolute atomic E-state index is 12.9. The van der Waals surface area contributed by atoms with Crippen LogP contribution in [0.3, 0.4) is 0 Å². The molecular formula is C25H30N4O4. The molecule has 1 saturated heterocycles. The van der Waals surface area contributed by atoms with Crippen LogP contribution in [0.5, 0.6) is 11.5 Å². The predicted molar refractivity (Wildman–Crippen MR) is 125 cm³/mol. The van der Waals surface area contributed by atoms with E-state index in [1.165, 1.54) is 5.56 Å². The molecule has 0 aliphatic carbocycles. The largest absolute Gasteiger partial charge is 0.493 e. The summed E-state index contributed by atoms with van der Waals surface area (Å²) in [5.41, 5.74) is 2.78. The molecule has 8 heteroatoms. The second kappa shape index (κ2) is 10.5. The number of aryl methyl sites for hydroxylation is 2. The van der Waals surface area contributed by atoms with E-state index in [2.05, 4.69) is 22.0 Å². The van der Waals surface area contributed by atoms with Gasteiger partial charge in [-0.3, -0.25) is 9.69 Å². The maximum atomic E-state index is 12.9. The number of piperazine rings is 1. The monoisotopic (exact) mass is 450 g/mol. The van der Waals surface area contributed by atoms with Gasteiger partial charge in [0.2, 0.25) is 11.7 Å². The highest BCUT2D eigenvalue weighted by Crippen LogP contribution is 2.28. The molecule has 1 aliphatic heterocycles. The van der Waals surface area contributed by atoms with Gasteiger partial charge < -0.3 is 18.9 Å². The van der Waals surface area contributed by atoms with Crippen LogP contribution in [0, 0.1) is 6.92 Å². The Bertz CT molecular complexity index is 1070. The summed E-state index contributed by atoms with van der Waals surface area (Å²) < 4.78 is 16.0. The van der Waals surface area contributed by atoms with Gasteiger partial charge in [-0.15, -0.1) is 0 Å². The van der Waals surface area contributed by atoms with Gasteiger partial charge in [-0.2, -0.15) is 4.98 Å². The van der Waals surface area contributed by atoms with Crippen LogP contribution in [-0.4, -0.2) is 72.8 Å². The van der Waals surface area contributed by atoms with Crippen LogP contribution < -0.4 is 9.47 Å². The minimum Gasteiger partial charge on any atom is -0.493 e. The molecule has 0 unspecified atom stereocenters. The van der Waals surface area contributed by atoms with Crippen LogP contribution in [0.4, 0.5) is 0 Å². The highest BCUT2D eigenvalue weighted by atomic mass is 16.5. The first-order chi connectivity index (χ1) is 16.1. The first-order valence-electron chi connectivity index (χ1n) is 11.2. The van der Waals surface area contributed by atoms with E-state index in [-0.39, 0.29) is 5.91 Å². The van der Waals surface area contributed by atoms with Crippen molar-refractivity contribution in [3.63, 3.8) is 0 Å². The number of benzene rings is 2. The Hall–Kier alpha value is -3.39. The van der Waals surface area contributed by atoms with Gasteiger partial charge in [-0.1, -0.05) is 35.0 Å². The Morgan fingerprint density at radius 1 is 1.00 bits per heavy atom. The van der Waals surface area contributed by atoms with E-state index in [4.69, 9.17) is 14.0 Å². The molecule has 3 aromatic rings. The molecule has 0 saturated carbocycles. The van der Waals surface area contributed by atoms with E-state index < -0.39 is 0 Å². The van der Waals surface area contributed by atoms with Crippen molar-refractivity contribution in [1.29, 1.82) is 0 Å². The van der Waals surface area contributed by atoms with Gasteiger partial charge in [0, 0.05) is 43.7 Å². The summed E-state index contributed by atoms with van der Waals surface area (Å²) in [4.78, 5) is 21.7. The van der Waals surface area contributed by atoms with Crippen molar-refractivity contribution in [2.24, 2.45) is 0 Å². The summed E-state index contributed by atoms with van der Waals surface area (Å²) in [7, 11) is 3.16. The molecule has 0 spiro atoms. The summed E-state index contributed by atoms with van der Waals surface area (Å²) in [6, 6.07) is 13.4. The van der Waals surface area contributed by atoms with Gasteiger partial charge in [0.05, 0.1) is 14.2 Å². The molecule has 2 heterocycles. The molecule has 8 nitrogen and oxygen atoms in total. The molecule has 1 aromatic heterocycles. The highest BCUT2D eigenvalue weighted by molar-refractivity contribution is 5.95. The van der Waals surface area contributed by atoms with E-state index in [0.29, 0.717) is 41.9 Å². The van der Waals surface area contributed by atoms with E-state index in [1.54, 1.807) is 32.4 Å². The minimum absolute atomic E-state index is 0.0186. The smallest absolute Gasteiger partial charge is 0.254 e. The minimum atomic E-state index is 0.0186. The normalized spacial score (nSPS) is 14.3. The molecule has 2 aromatic carbocycles. The molecule has 1 fully saturated rings. The number of ether oxygens (including phenoxy) is 2. The number of methoxy groups -OCH3 is 2. The van der Waals surface area contributed by atoms with Crippen LogP contribution in [0.2, 0.25) is 0 Å². The summed E-state index contributed by atoms with van der Waals surface area (Å²) in [6.45, 7) is 6.07. The second-order valence-electron chi connectivity index (χ2n) is 8.18. The fourth-order valence-corrected chi connectivity index (χ4v) is 3.96. The second-order valence-corrected chi connectivity index (χ2v) is 8.18. The number of hydrogen-bond acceptors (Lipinski definition) is 7. The Morgan fingerprint density at radius 2 is 1.73 bits per heavy atom. The third kappa shape index (κ3) is 5.51. The molecule has 1 amide bonds. The van der Waals surface area contributed by atoms with Crippen molar-refractivity contribution in [2.75, 3.05) is 46.9 Å². The van der Waals surface area contributed by atoms with Gasteiger partial charge in [-0.25, -0.2) is 0 Å². The molecule has 1 aliphatic rings. The molecule has 0 N–H and O–H groups in total. The van der Waals surface area contributed by atoms with Gasteiger partial charge in [0.25, 0.3) is 5.91 Å². The van der Waals surface area contributed by atoms with Gasteiger partial charge in [0.15, 0.2) is 11.5 Å². The summed E-state index contributed by atoms with van der Waals surface area (Å²) >= 11 is 0. The van der Waals surface area contributed by atoms with Crippen molar-refractivity contribution >= 4 is 5.91 Å². The average Bonchev–Trinajstić information content (AvgIpc) is 3.33. The summed E-state index contributed by atoms with van der Waals surface area (Å²) in [6.07, 6.45) is 1.67. The lowest BCUT2D eigenvalue weighted by Crippen LogP contribution is -2.48. The third-order valence-corrected chi connectivity index (χ3v) is 5.93. The van der Waals surface area contributed by atoms with E-state index in [1.807, 2.05) is 29.2 Å². The zero-order valence-corrected chi connectivity index (χ0v) is 19.4. The Morgan fingerprint density at radius 3 is 2.42 bits per heavy atom. The van der Waals surface area contributed by atoms with Crippen LogP contribution >= 0.6 is 0 Å². The van der Waals surface area contributed by atoms with Crippen LogP contribution in [-0.2, 0) is 6.42 Å². The van der Waals surface area contributed by atoms with E-state index >= 15 is 0 Å². The van der Waals surface area contributed by atoms with Crippen LogP contribution in [0.25, 0.3) is 11.4 Å². The highest BCUT2D eigenvalue weighted by Gasteiger charge is 2.23. The molecule has 0 radical (unpaired) electrons. The Kier molecular flexibility index (Phi) is 7.24. The topological polar surface area (TPSA) is 80.9 Å². The fourth-order valence-electron chi connectivity index (χ4n) is 3.96. The Balaban J connectivity index is 1.23. The fraction of sp³-hybridized carbons (Fsp3) is 0.400. The number of carbonyl (C=O) groups is 1.